The molecule has 1 aliphatic carbocycles. The molecular formula is C15H23NO2S. The Bertz CT molecular complexity index is 551. The second-order valence-corrected chi connectivity index (χ2v) is 7.81. The van der Waals surface area contributed by atoms with Gasteiger partial charge in [0.15, 0.2) is 9.84 Å². The molecule has 0 radical (unpaired) electrons. The van der Waals surface area contributed by atoms with Gasteiger partial charge in [0.1, 0.15) is 0 Å². The molecule has 106 valence electrons. The fourth-order valence-electron chi connectivity index (χ4n) is 2.88. The molecule has 0 aliphatic heterocycles. The van der Waals surface area contributed by atoms with E-state index in [1.54, 1.807) is 6.07 Å². The summed E-state index contributed by atoms with van der Waals surface area (Å²) >= 11 is 0. The van der Waals surface area contributed by atoms with Gasteiger partial charge >= 0.3 is 0 Å². The summed E-state index contributed by atoms with van der Waals surface area (Å²) < 4.78 is 24.9. The minimum atomic E-state index is -3.18. The van der Waals surface area contributed by atoms with Gasteiger partial charge in [-0.25, -0.2) is 8.42 Å². The second kappa shape index (κ2) is 5.63. The van der Waals surface area contributed by atoms with Crippen LogP contribution in [0.5, 0.6) is 0 Å². The third-order valence-corrected chi connectivity index (χ3v) is 6.04. The normalized spacial score (nSPS) is 23.7. The number of benzene rings is 1. The van der Waals surface area contributed by atoms with Gasteiger partial charge in [0, 0.05) is 6.04 Å². The van der Waals surface area contributed by atoms with E-state index in [0.29, 0.717) is 17.2 Å². The quantitative estimate of drug-likeness (QED) is 0.922. The molecule has 0 bridgehead atoms. The lowest BCUT2D eigenvalue weighted by molar-refractivity contribution is 0.464. The van der Waals surface area contributed by atoms with E-state index < -0.39 is 9.84 Å². The molecule has 4 heteroatoms. The molecule has 0 spiro atoms. The third kappa shape index (κ3) is 3.37. The summed E-state index contributed by atoms with van der Waals surface area (Å²) in [6, 6.07) is 5.79. The van der Waals surface area contributed by atoms with Crippen LogP contribution in [0.1, 0.15) is 36.8 Å². The number of hydrogen-bond donors (Lipinski definition) is 1. The van der Waals surface area contributed by atoms with E-state index in [1.807, 2.05) is 26.0 Å². The van der Waals surface area contributed by atoms with Crippen LogP contribution in [-0.4, -0.2) is 20.2 Å². The smallest absolute Gasteiger partial charge is 0.178 e. The minimum absolute atomic E-state index is 0.189. The van der Waals surface area contributed by atoms with Crippen LogP contribution in [0, 0.1) is 19.8 Å². The monoisotopic (exact) mass is 281 g/mol. The van der Waals surface area contributed by atoms with Gasteiger partial charge in [0.05, 0.1) is 10.6 Å². The van der Waals surface area contributed by atoms with Crippen molar-refractivity contribution in [2.75, 3.05) is 5.75 Å². The molecule has 2 rings (SSSR count). The molecule has 1 fully saturated rings. The van der Waals surface area contributed by atoms with Crippen LogP contribution in [0.15, 0.2) is 23.1 Å². The Labute approximate surface area is 116 Å². The van der Waals surface area contributed by atoms with Crippen molar-refractivity contribution in [1.82, 2.24) is 0 Å². The van der Waals surface area contributed by atoms with Crippen LogP contribution in [0.3, 0.4) is 0 Å². The van der Waals surface area contributed by atoms with Gasteiger partial charge < -0.3 is 5.73 Å². The molecule has 1 saturated carbocycles. The zero-order valence-corrected chi connectivity index (χ0v) is 12.5. The lowest BCUT2D eigenvalue weighted by Crippen LogP contribution is -2.26. The van der Waals surface area contributed by atoms with Crippen LogP contribution in [0.2, 0.25) is 0 Å². The van der Waals surface area contributed by atoms with Gasteiger partial charge in [-0.2, -0.15) is 0 Å². The first kappa shape index (κ1) is 14.5. The molecule has 2 N–H and O–H groups in total. The van der Waals surface area contributed by atoms with Crippen molar-refractivity contribution in [2.45, 2.75) is 50.5 Å². The standard InChI is InChI=1S/C15H23NO2S/c1-11-6-7-12(2)15(10-11)19(17,18)9-8-13-4-3-5-14(13)16/h6-7,10,13-14H,3-5,8-9,16H2,1-2H3. The SMILES string of the molecule is Cc1ccc(C)c(S(=O)(=O)CCC2CCCC2N)c1. The molecule has 1 aliphatic rings. The third-order valence-electron chi connectivity index (χ3n) is 4.15. The Hall–Kier alpha value is -0.870. The van der Waals surface area contributed by atoms with Gasteiger partial charge in [0.2, 0.25) is 0 Å². The summed E-state index contributed by atoms with van der Waals surface area (Å²) in [4.78, 5) is 0.485. The molecule has 2 atom stereocenters. The van der Waals surface area contributed by atoms with Gasteiger partial charge in [0.25, 0.3) is 0 Å². The highest BCUT2D eigenvalue weighted by atomic mass is 32.2. The average molecular weight is 281 g/mol. The predicted octanol–water partition coefficient (Wildman–Crippen LogP) is 2.59. The van der Waals surface area contributed by atoms with Crippen LogP contribution in [0.4, 0.5) is 0 Å². The Kier molecular flexibility index (Phi) is 4.31. The van der Waals surface area contributed by atoms with Crippen molar-refractivity contribution < 1.29 is 8.42 Å². The maximum Gasteiger partial charge on any atom is 0.178 e. The first-order chi connectivity index (χ1) is 8.90. The van der Waals surface area contributed by atoms with Crippen LogP contribution in [-0.2, 0) is 9.84 Å². The van der Waals surface area contributed by atoms with Crippen LogP contribution in [0.25, 0.3) is 0 Å². The number of rotatable bonds is 4. The minimum Gasteiger partial charge on any atom is -0.327 e. The first-order valence-electron chi connectivity index (χ1n) is 6.96. The number of sulfone groups is 1. The largest absolute Gasteiger partial charge is 0.327 e. The van der Waals surface area contributed by atoms with Crippen molar-refractivity contribution in [2.24, 2.45) is 11.7 Å². The highest BCUT2D eigenvalue weighted by molar-refractivity contribution is 7.91. The van der Waals surface area contributed by atoms with E-state index in [-0.39, 0.29) is 11.8 Å². The van der Waals surface area contributed by atoms with E-state index in [2.05, 4.69) is 0 Å². The Morgan fingerprint density at radius 2 is 2.00 bits per heavy atom. The maximum atomic E-state index is 12.4. The molecule has 19 heavy (non-hydrogen) atoms. The molecule has 1 aromatic rings. The lowest BCUT2D eigenvalue weighted by Gasteiger charge is -2.15. The molecule has 0 heterocycles. The summed E-state index contributed by atoms with van der Waals surface area (Å²) in [7, 11) is -3.18. The van der Waals surface area contributed by atoms with Gasteiger partial charge in [-0.05, 0) is 56.2 Å². The number of aryl methyl sites for hydroxylation is 2. The molecular weight excluding hydrogens is 258 g/mol. The molecule has 0 aromatic heterocycles. The molecule has 3 nitrogen and oxygen atoms in total. The van der Waals surface area contributed by atoms with Crippen molar-refractivity contribution in [3.8, 4) is 0 Å². The van der Waals surface area contributed by atoms with E-state index in [0.717, 1.165) is 30.4 Å². The van der Waals surface area contributed by atoms with Crippen molar-refractivity contribution in [3.05, 3.63) is 29.3 Å². The summed E-state index contributed by atoms with van der Waals surface area (Å²) in [5, 5.41) is 0. The average Bonchev–Trinajstić information content (AvgIpc) is 2.75. The Morgan fingerprint density at radius 3 is 2.63 bits per heavy atom. The number of hydrogen-bond acceptors (Lipinski definition) is 3. The first-order valence-corrected chi connectivity index (χ1v) is 8.61. The van der Waals surface area contributed by atoms with Gasteiger partial charge in [-0.3, -0.25) is 0 Å². The molecule has 1 aromatic carbocycles. The van der Waals surface area contributed by atoms with Crippen LogP contribution >= 0.6 is 0 Å². The highest BCUT2D eigenvalue weighted by Gasteiger charge is 2.26. The molecule has 0 saturated heterocycles. The molecule has 2 unspecified atom stereocenters. The topological polar surface area (TPSA) is 60.2 Å². The van der Waals surface area contributed by atoms with E-state index in [1.165, 1.54) is 0 Å². The summed E-state index contributed by atoms with van der Waals surface area (Å²) in [5.74, 6) is 0.593. The summed E-state index contributed by atoms with van der Waals surface area (Å²) in [5.41, 5.74) is 7.83. The maximum absolute atomic E-state index is 12.4. The Morgan fingerprint density at radius 1 is 1.26 bits per heavy atom. The fourth-order valence-corrected chi connectivity index (χ4v) is 4.64. The predicted molar refractivity (Wildman–Crippen MR) is 77.9 cm³/mol. The Balaban J connectivity index is 2.12. The summed E-state index contributed by atoms with van der Waals surface area (Å²) in [6.45, 7) is 3.78. The van der Waals surface area contributed by atoms with Gasteiger partial charge in [-0.1, -0.05) is 18.6 Å². The zero-order valence-electron chi connectivity index (χ0n) is 11.7. The fraction of sp³-hybridized carbons (Fsp3) is 0.600. The van der Waals surface area contributed by atoms with Gasteiger partial charge in [-0.15, -0.1) is 0 Å². The lowest BCUT2D eigenvalue weighted by atomic mass is 10.0. The molecule has 0 amide bonds. The van der Waals surface area contributed by atoms with Crippen molar-refractivity contribution in [3.63, 3.8) is 0 Å². The summed E-state index contributed by atoms with van der Waals surface area (Å²) in [6.07, 6.45) is 3.93. The number of nitrogens with two attached hydrogens (primary N) is 1. The van der Waals surface area contributed by atoms with Crippen LogP contribution < -0.4 is 5.73 Å². The van der Waals surface area contributed by atoms with Crippen molar-refractivity contribution >= 4 is 9.84 Å². The van der Waals surface area contributed by atoms with Crippen molar-refractivity contribution in [1.29, 1.82) is 0 Å². The van der Waals surface area contributed by atoms with E-state index in [9.17, 15) is 8.42 Å². The second-order valence-electron chi connectivity index (χ2n) is 5.73. The van der Waals surface area contributed by atoms with E-state index >= 15 is 0 Å². The van der Waals surface area contributed by atoms with E-state index in [4.69, 9.17) is 5.73 Å². The zero-order chi connectivity index (χ0) is 14.0. The highest BCUT2D eigenvalue weighted by Crippen LogP contribution is 2.28.